The molecule has 0 saturated heterocycles. The van der Waals surface area contributed by atoms with Crippen molar-refractivity contribution >= 4 is 28.7 Å². The van der Waals surface area contributed by atoms with E-state index < -0.39 is 0 Å². The molecule has 0 bridgehead atoms. The number of benzene rings is 2. The van der Waals surface area contributed by atoms with E-state index in [1.54, 1.807) is 11.0 Å². The number of ketones is 1. The third-order valence-electron chi connectivity index (χ3n) is 5.52. The molecule has 1 heterocycles. The number of rotatable bonds is 8. The molecule has 0 fully saturated rings. The van der Waals surface area contributed by atoms with Gasteiger partial charge in [0.15, 0.2) is 5.78 Å². The van der Waals surface area contributed by atoms with Gasteiger partial charge in [-0.1, -0.05) is 59.7 Å². The van der Waals surface area contributed by atoms with E-state index in [1.165, 1.54) is 5.57 Å². The van der Waals surface area contributed by atoms with Gasteiger partial charge in [0.05, 0.1) is 6.54 Å². The molecule has 1 aromatic heterocycles. The summed E-state index contributed by atoms with van der Waals surface area (Å²) in [5.41, 5.74) is 5.11. The number of hydrogen-bond donors (Lipinski definition) is 0. The molecule has 0 aliphatic heterocycles. The van der Waals surface area contributed by atoms with Crippen LogP contribution in [0.15, 0.2) is 72.5 Å². The van der Waals surface area contributed by atoms with E-state index in [9.17, 15) is 9.59 Å². The number of aromatic nitrogens is 1. The zero-order chi connectivity index (χ0) is 23.3. The van der Waals surface area contributed by atoms with Crippen molar-refractivity contribution < 1.29 is 9.59 Å². The Hall–Kier alpha value is -3.40. The average Bonchev–Trinajstić information content (AvgIpc) is 3.12. The fourth-order valence-corrected chi connectivity index (χ4v) is 3.60. The second-order valence-corrected chi connectivity index (χ2v) is 8.72. The van der Waals surface area contributed by atoms with Gasteiger partial charge in [0.1, 0.15) is 0 Å². The molecule has 4 heteroatoms. The van der Waals surface area contributed by atoms with Crippen LogP contribution in [-0.4, -0.2) is 33.7 Å². The van der Waals surface area contributed by atoms with E-state index in [2.05, 4.69) is 42.8 Å². The van der Waals surface area contributed by atoms with Crippen LogP contribution in [0.5, 0.6) is 0 Å². The van der Waals surface area contributed by atoms with Gasteiger partial charge in [-0.2, -0.15) is 0 Å². The van der Waals surface area contributed by atoms with Crippen LogP contribution in [-0.2, 0) is 11.3 Å². The SMILES string of the molecule is CC(C)=CCn1cc(/C=C/C(=O)N(CC(=O)c2ccc(C)cc2)C(C)C)c2ccccc21. The summed E-state index contributed by atoms with van der Waals surface area (Å²) < 4.78 is 2.19. The van der Waals surface area contributed by atoms with Gasteiger partial charge in [0, 0.05) is 46.9 Å². The summed E-state index contributed by atoms with van der Waals surface area (Å²) >= 11 is 0. The van der Waals surface area contributed by atoms with Gasteiger partial charge < -0.3 is 9.47 Å². The average molecular weight is 429 g/mol. The van der Waals surface area contributed by atoms with Crippen LogP contribution in [0.2, 0.25) is 0 Å². The highest BCUT2D eigenvalue weighted by Gasteiger charge is 2.19. The molecule has 0 spiro atoms. The van der Waals surface area contributed by atoms with E-state index >= 15 is 0 Å². The van der Waals surface area contributed by atoms with E-state index in [1.807, 2.05) is 63.2 Å². The number of para-hydroxylation sites is 1. The highest BCUT2D eigenvalue weighted by molar-refractivity contribution is 6.02. The van der Waals surface area contributed by atoms with Crippen LogP contribution in [0.1, 0.15) is 49.2 Å². The lowest BCUT2D eigenvalue weighted by atomic mass is 10.1. The number of carbonyl (C=O) groups excluding carboxylic acids is 2. The van der Waals surface area contributed by atoms with Crippen molar-refractivity contribution in [2.75, 3.05) is 6.54 Å². The van der Waals surface area contributed by atoms with Crippen LogP contribution < -0.4 is 0 Å². The zero-order valence-corrected chi connectivity index (χ0v) is 19.6. The lowest BCUT2D eigenvalue weighted by Gasteiger charge is -2.24. The first-order valence-electron chi connectivity index (χ1n) is 11.1. The molecule has 3 aromatic rings. The van der Waals surface area contributed by atoms with Gasteiger partial charge in [0.2, 0.25) is 5.91 Å². The first-order valence-corrected chi connectivity index (χ1v) is 11.1. The van der Waals surface area contributed by atoms with Crippen LogP contribution >= 0.6 is 0 Å². The topological polar surface area (TPSA) is 42.3 Å². The molecule has 0 unspecified atom stereocenters. The Kier molecular flexibility index (Phi) is 7.47. The fourth-order valence-electron chi connectivity index (χ4n) is 3.60. The number of allylic oxidation sites excluding steroid dienone is 2. The second-order valence-electron chi connectivity index (χ2n) is 8.72. The number of fused-ring (bicyclic) bond motifs is 1. The summed E-state index contributed by atoms with van der Waals surface area (Å²) in [6.07, 6.45) is 7.69. The predicted octanol–water partition coefficient (Wildman–Crippen LogP) is 6.05. The van der Waals surface area contributed by atoms with Crippen molar-refractivity contribution in [1.82, 2.24) is 9.47 Å². The molecule has 0 aliphatic carbocycles. The van der Waals surface area contributed by atoms with Crippen molar-refractivity contribution in [2.24, 2.45) is 0 Å². The highest BCUT2D eigenvalue weighted by atomic mass is 16.2. The number of aryl methyl sites for hydroxylation is 1. The Morgan fingerprint density at radius 3 is 2.38 bits per heavy atom. The van der Waals surface area contributed by atoms with Gasteiger partial charge in [0.25, 0.3) is 0 Å². The number of amides is 1. The third kappa shape index (κ3) is 5.64. The maximum Gasteiger partial charge on any atom is 0.247 e. The number of Topliss-reactive ketones (excluding diaryl/α,β-unsaturated/α-hetero) is 1. The van der Waals surface area contributed by atoms with Crippen molar-refractivity contribution in [3.8, 4) is 0 Å². The van der Waals surface area contributed by atoms with E-state index in [4.69, 9.17) is 0 Å². The zero-order valence-electron chi connectivity index (χ0n) is 19.6. The predicted molar refractivity (Wildman–Crippen MR) is 133 cm³/mol. The lowest BCUT2D eigenvalue weighted by molar-refractivity contribution is -0.127. The van der Waals surface area contributed by atoms with Crippen LogP contribution in [0.25, 0.3) is 17.0 Å². The van der Waals surface area contributed by atoms with Crippen LogP contribution in [0.3, 0.4) is 0 Å². The number of carbonyl (C=O) groups is 2. The van der Waals surface area contributed by atoms with Gasteiger partial charge in [-0.25, -0.2) is 0 Å². The normalized spacial score (nSPS) is 11.3. The lowest BCUT2D eigenvalue weighted by Crippen LogP contribution is -2.39. The van der Waals surface area contributed by atoms with E-state index in [-0.39, 0.29) is 24.3 Å². The van der Waals surface area contributed by atoms with Gasteiger partial charge in [-0.3, -0.25) is 9.59 Å². The highest BCUT2D eigenvalue weighted by Crippen LogP contribution is 2.23. The first kappa shape index (κ1) is 23.3. The molecule has 0 radical (unpaired) electrons. The molecule has 166 valence electrons. The summed E-state index contributed by atoms with van der Waals surface area (Å²) in [5, 5.41) is 1.10. The Bertz CT molecular complexity index is 1160. The Balaban J connectivity index is 1.81. The minimum absolute atomic E-state index is 0.0567. The van der Waals surface area contributed by atoms with Crippen molar-refractivity contribution in [2.45, 2.75) is 47.2 Å². The quantitative estimate of drug-likeness (QED) is 0.249. The monoisotopic (exact) mass is 428 g/mol. The summed E-state index contributed by atoms with van der Waals surface area (Å²) in [6, 6.07) is 15.6. The maximum atomic E-state index is 13.0. The largest absolute Gasteiger partial charge is 0.343 e. The number of hydrogen-bond acceptors (Lipinski definition) is 2. The Labute approximate surface area is 190 Å². The molecule has 0 aliphatic rings. The maximum absolute atomic E-state index is 13.0. The molecule has 4 nitrogen and oxygen atoms in total. The molecule has 0 atom stereocenters. The van der Waals surface area contributed by atoms with Gasteiger partial charge in [-0.15, -0.1) is 0 Å². The smallest absolute Gasteiger partial charge is 0.247 e. The Morgan fingerprint density at radius 1 is 1.03 bits per heavy atom. The van der Waals surface area contributed by atoms with E-state index in [0.29, 0.717) is 5.56 Å². The molecule has 32 heavy (non-hydrogen) atoms. The molecule has 0 saturated carbocycles. The fraction of sp³-hybridized carbons (Fsp3) is 0.286. The van der Waals surface area contributed by atoms with Crippen molar-refractivity contribution in [3.05, 3.63) is 89.1 Å². The Morgan fingerprint density at radius 2 is 1.72 bits per heavy atom. The summed E-state index contributed by atoms with van der Waals surface area (Å²) in [6.45, 7) is 10.9. The van der Waals surface area contributed by atoms with Crippen LogP contribution in [0.4, 0.5) is 0 Å². The number of nitrogens with zero attached hydrogens (tertiary/aromatic N) is 2. The van der Waals surface area contributed by atoms with Crippen molar-refractivity contribution in [3.63, 3.8) is 0 Å². The van der Waals surface area contributed by atoms with Crippen molar-refractivity contribution in [1.29, 1.82) is 0 Å². The van der Waals surface area contributed by atoms with Gasteiger partial charge in [-0.05, 0) is 46.8 Å². The summed E-state index contributed by atoms with van der Waals surface area (Å²) in [4.78, 5) is 27.3. The van der Waals surface area contributed by atoms with Gasteiger partial charge >= 0.3 is 0 Å². The summed E-state index contributed by atoms with van der Waals surface area (Å²) in [7, 11) is 0. The molecule has 0 N–H and O–H groups in total. The molecular formula is C28H32N2O2. The molecular weight excluding hydrogens is 396 g/mol. The standard InChI is InChI=1S/C28H32N2O2/c1-20(2)16-17-29-18-24(25-8-6-7-9-26(25)29)14-15-28(32)30(21(3)4)19-27(31)23-12-10-22(5)11-13-23/h6-16,18,21H,17,19H2,1-5H3/b15-14+. The molecule has 3 rings (SSSR count). The molecule has 2 aromatic carbocycles. The summed E-state index contributed by atoms with van der Waals surface area (Å²) in [5.74, 6) is -0.222. The minimum atomic E-state index is -0.165. The van der Waals surface area contributed by atoms with Crippen LogP contribution in [0, 0.1) is 6.92 Å². The van der Waals surface area contributed by atoms with E-state index in [0.717, 1.165) is 28.6 Å². The molecule has 1 amide bonds. The second kappa shape index (κ2) is 10.3. The minimum Gasteiger partial charge on any atom is -0.343 e. The third-order valence-corrected chi connectivity index (χ3v) is 5.52. The first-order chi connectivity index (χ1) is 15.3.